The zero-order valence-corrected chi connectivity index (χ0v) is 12.4. The highest BCUT2D eigenvalue weighted by Gasteiger charge is 2.07. The van der Waals surface area contributed by atoms with E-state index >= 15 is 0 Å². The van der Waals surface area contributed by atoms with E-state index in [1.54, 1.807) is 28.7 Å². The number of thiophene rings is 2. The Hall–Kier alpha value is -1.49. The molecule has 3 rings (SSSR count). The molecule has 0 radical (unpaired) electrons. The van der Waals surface area contributed by atoms with Gasteiger partial charge in [-0.05, 0) is 51.5 Å². The van der Waals surface area contributed by atoms with Crippen LogP contribution in [0.4, 0.5) is 4.39 Å². The lowest BCUT2D eigenvalue weighted by Gasteiger charge is -2.07. The van der Waals surface area contributed by atoms with Crippen LogP contribution >= 0.6 is 22.7 Å². The molecule has 0 spiro atoms. The summed E-state index contributed by atoms with van der Waals surface area (Å²) >= 11 is 3.26. The molecule has 20 heavy (non-hydrogen) atoms. The van der Waals surface area contributed by atoms with Crippen molar-refractivity contribution in [1.29, 1.82) is 0 Å². The summed E-state index contributed by atoms with van der Waals surface area (Å²) in [5, 5.41) is 9.56. The van der Waals surface area contributed by atoms with Crippen LogP contribution in [0.5, 0.6) is 0 Å². The van der Waals surface area contributed by atoms with Crippen LogP contribution in [0, 0.1) is 5.82 Å². The van der Waals surface area contributed by atoms with Crippen LogP contribution in [0.15, 0.2) is 52.5 Å². The highest BCUT2D eigenvalue weighted by Crippen LogP contribution is 2.28. The molecule has 4 heteroatoms. The zero-order valence-electron chi connectivity index (χ0n) is 10.8. The fraction of sp³-hybridized carbons (Fsp3) is 0.125. The lowest BCUT2D eigenvalue weighted by Crippen LogP contribution is -2.12. The van der Waals surface area contributed by atoms with Crippen LogP contribution < -0.4 is 5.32 Å². The Balaban J connectivity index is 1.69. The van der Waals surface area contributed by atoms with Gasteiger partial charge in [-0.3, -0.25) is 0 Å². The Bertz CT molecular complexity index is 660. The molecule has 0 saturated carbocycles. The molecule has 0 aliphatic heterocycles. The van der Waals surface area contributed by atoms with E-state index < -0.39 is 0 Å². The minimum atomic E-state index is -0.158. The van der Waals surface area contributed by atoms with E-state index in [4.69, 9.17) is 0 Å². The summed E-state index contributed by atoms with van der Waals surface area (Å²) in [5.74, 6) is -0.158. The van der Waals surface area contributed by atoms with Crippen molar-refractivity contribution < 1.29 is 4.39 Å². The summed E-state index contributed by atoms with van der Waals surface area (Å²) in [4.78, 5) is 0.974. The van der Waals surface area contributed by atoms with E-state index in [1.165, 1.54) is 5.56 Å². The zero-order chi connectivity index (χ0) is 13.8. The first kappa shape index (κ1) is 13.5. The van der Waals surface area contributed by atoms with Crippen molar-refractivity contribution in [2.24, 2.45) is 0 Å². The van der Waals surface area contributed by atoms with E-state index in [0.717, 1.165) is 23.5 Å². The topological polar surface area (TPSA) is 12.0 Å². The first-order valence-electron chi connectivity index (χ1n) is 6.37. The van der Waals surface area contributed by atoms with Gasteiger partial charge in [-0.2, -0.15) is 11.3 Å². The van der Waals surface area contributed by atoms with Crippen molar-refractivity contribution in [3.63, 3.8) is 0 Å². The van der Waals surface area contributed by atoms with Gasteiger partial charge in [-0.1, -0.05) is 12.1 Å². The minimum absolute atomic E-state index is 0.158. The Morgan fingerprint density at radius 2 is 1.90 bits per heavy atom. The van der Waals surface area contributed by atoms with Crippen LogP contribution in [-0.2, 0) is 13.1 Å². The quantitative estimate of drug-likeness (QED) is 0.706. The predicted octanol–water partition coefficient (Wildman–Crippen LogP) is 4.91. The van der Waals surface area contributed by atoms with Gasteiger partial charge in [0.1, 0.15) is 5.82 Å². The predicted molar refractivity (Wildman–Crippen MR) is 84.6 cm³/mol. The maximum Gasteiger partial charge on any atom is 0.131 e. The maximum absolute atomic E-state index is 13.9. The number of hydrogen-bond acceptors (Lipinski definition) is 3. The van der Waals surface area contributed by atoms with Gasteiger partial charge >= 0.3 is 0 Å². The van der Waals surface area contributed by atoms with Gasteiger partial charge in [-0.25, -0.2) is 4.39 Å². The third kappa shape index (κ3) is 3.15. The monoisotopic (exact) mass is 303 g/mol. The van der Waals surface area contributed by atoms with Gasteiger partial charge in [-0.15, -0.1) is 11.3 Å². The summed E-state index contributed by atoms with van der Waals surface area (Å²) in [6, 6.07) is 11.3. The third-order valence-electron chi connectivity index (χ3n) is 3.06. The van der Waals surface area contributed by atoms with Crippen LogP contribution in [0.1, 0.15) is 11.1 Å². The molecule has 0 saturated heterocycles. The Morgan fingerprint density at radius 3 is 2.65 bits per heavy atom. The Kier molecular flexibility index (Phi) is 4.25. The van der Waals surface area contributed by atoms with Crippen LogP contribution in [0.3, 0.4) is 0 Å². The van der Waals surface area contributed by atoms with Crippen molar-refractivity contribution in [2.45, 2.75) is 13.1 Å². The number of nitrogens with one attached hydrogen (secondary N) is 1. The van der Waals surface area contributed by atoms with Crippen molar-refractivity contribution in [2.75, 3.05) is 0 Å². The summed E-state index contributed by atoms with van der Waals surface area (Å²) in [7, 11) is 0. The van der Waals surface area contributed by atoms with Gasteiger partial charge in [0.2, 0.25) is 0 Å². The van der Waals surface area contributed by atoms with Crippen LogP contribution in [-0.4, -0.2) is 0 Å². The van der Waals surface area contributed by atoms with Gasteiger partial charge in [0, 0.05) is 23.5 Å². The van der Waals surface area contributed by atoms with E-state index in [0.29, 0.717) is 5.56 Å². The molecule has 1 nitrogen and oxygen atoms in total. The van der Waals surface area contributed by atoms with E-state index in [-0.39, 0.29) is 5.82 Å². The normalized spacial score (nSPS) is 10.8. The molecule has 0 fully saturated rings. The Labute approximate surface area is 125 Å². The standard InChI is InChI=1S/C16H14FNS2/c17-15-4-3-12(8-14(15)16-2-1-6-20-16)9-18-10-13-5-7-19-11-13/h1-8,11,18H,9-10H2. The molecular formula is C16H14FNS2. The molecule has 0 aliphatic carbocycles. The van der Waals surface area contributed by atoms with Crippen molar-refractivity contribution >= 4 is 22.7 Å². The molecule has 2 heterocycles. The highest BCUT2D eigenvalue weighted by molar-refractivity contribution is 7.13. The lowest BCUT2D eigenvalue weighted by molar-refractivity contribution is 0.629. The highest BCUT2D eigenvalue weighted by atomic mass is 32.1. The fourth-order valence-electron chi connectivity index (χ4n) is 2.05. The Morgan fingerprint density at radius 1 is 1.00 bits per heavy atom. The molecule has 0 bridgehead atoms. The molecule has 2 aromatic heterocycles. The van der Waals surface area contributed by atoms with Gasteiger partial charge in [0.05, 0.1) is 0 Å². The van der Waals surface area contributed by atoms with Gasteiger partial charge in [0.15, 0.2) is 0 Å². The third-order valence-corrected chi connectivity index (χ3v) is 4.69. The largest absolute Gasteiger partial charge is 0.309 e. The van der Waals surface area contributed by atoms with Crippen LogP contribution in [0.2, 0.25) is 0 Å². The molecule has 0 atom stereocenters. The molecule has 1 N–H and O–H groups in total. The first-order chi connectivity index (χ1) is 9.83. The molecule has 0 amide bonds. The number of hydrogen-bond donors (Lipinski definition) is 1. The number of rotatable bonds is 5. The summed E-state index contributed by atoms with van der Waals surface area (Å²) < 4.78 is 13.9. The molecule has 0 aliphatic rings. The van der Waals surface area contributed by atoms with Gasteiger partial charge < -0.3 is 5.32 Å². The minimum Gasteiger partial charge on any atom is -0.309 e. The molecule has 0 unspecified atom stereocenters. The summed E-state index contributed by atoms with van der Waals surface area (Å²) in [5.41, 5.74) is 3.08. The molecular weight excluding hydrogens is 289 g/mol. The molecule has 3 aromatic rings. The first-order valence-corrected chi connectivity index (χ1v) is 8.19. The van der Waals surface area contributed by atoms with E-state index in [9.17, 15) is 4.39 Å². The maximum atomic E-state index is 13.9. The van der Waals surface area contributed by atoms with Crippen LogP contribution in [0.25, 0.3) is 10.4 Å². The SMILES string of the molecule is Fc1ccc(CNCc2ccsc2)cc1-c1cccs1. The second kappa shape index (κ2) is 6.31. The smallest absolute Gasteiger partial charge is 0.131 e. The second-order valence-electron chi connectivity index (χ2n) is 4.53. The average Bonchev–Trinajstić information content (AvgIpc) is 3.13. The number of halogens is 1. The summed E-state index contributed by atoms with van der Waals surface area (Å²) in [6.07, 6.45) is 0. The average molecular weight is 303 g/mol. The van der Waals surface area contributed by atoms with Crippen molar-refractivity contribution in [3.05, 3.63) is 69.5 Å². The number of benzene rings is 1. The molecule has 1 aromatic carbocycles. The van der Waals surface area contributed by atoms with Crippen molar-refractivity contribution in [3.8, 4) is 10.4 Å². The second-order valence-corrected chi connectivity index (χ2v) is 6.25. The molecule has 102 valence electrons. The summed E-state index contributed by atoms with van der Waals surface area (Å²) in [6.45, 7) is 1.59. The van der Waals surface area contributed by atoms with Crippen molar-refractivity contribution in [1.82, 2.24) is 5.32 Å². The van der Waals surface area contributed by atoms with Gasteiger partial charge in [0.25, 0.3) is 0 Å². The van der Waals surface area contributed by atoms with E-state index in [2.05, 4.69) is 22.1 Å². The lowest BCUT2D eigenvalue weighted by atomic mass is 10.1. The fourth-order valence-corrected chi connectivity index (χ4v) is 3.46. The van der Waals surface area contributed by atoms with E-state index in [1.807, 2.05) is 29.6 Å².